The maximum Gasteiger partial charge on any atom is 0.252 e. The lowest BCUT2D eigenvalue weighted by molar-refractivity contribution is 0.0711. The highest BCUT2D eigenvalue weighted by molar-refractivity contribution is 7.12. The molecule has 120 valence electrons. The fourth-order valence-corrected chi connectivity index (χ4v) is 3.47. The Morgan fingerprint density at radius 1 is 1.22 bits per heavy atom. The summed E-state index contributed by atoms with van der Waals surface area (Å²) in [6, 6.07) is 10.5. The van der Waals surface area contributed by atoms with Crippen molar-refractivity contribution in [2.75, 3.05) is 6.61 Å². The molecule has 1 aliphatic rings. The number of hydrogen-bond donors (Lipinski definition) is 1. The second-order valence-corrected chi connectivity index (χ2v) is 6.61. The van der Waals surface area contributed by atoms with Crippen molar-refractivity contribution in [2.45, 2.75) is 31.9 Å². The van der Waals surface area contributed by atoms with Crippen molar-refractivity contribution in [3.8, 4) is 0 Å². The largest absolute Gasteiger partial charge is 0.376 e. The van der Waals surface area contributed by atoms with Gasteiger partial charge in [-0.05, 0) is 37.3 Å². The fourth-order valence-electron chi connectivity index (χ4n) is 2.79. The average molecular weight is 329 g/mol. The minimum absolute atomic E-state index is 0.0547. The molecule has 2 aromatic rings. The van der Waals surface area contributed by atoms with Crippen LogP contribution in [-0.4, -0.2) is 30.4 Å². The Balaban J connectivity index is 1.79. The standard InChI is InChI=1S/C18H19NO3S/c1-12(15-8-4-10-22-15)19-18(21)14-7-3-2-6-13(14)17(20)16-9-5-11-23-16/h2-3,5-7,9,11-12,15H,4,8,10H2,1H3,(H,19,21). The normalized spacial score (nSPS) is 18.6. The third-order valence-corrected chi connectivity index (χ3v) is 4.91. The summed E-state index contributed by atoms with van der Waals surface area (Å²) in [6.07, 6.45) is 2.04. The average Bonchev–Trinajstić information content (AvgIpc) is 3.27. The van der Waals surface area contributed by atoms with Gasteiger partial charge < -0.3 is 10.1 Å². The Labute approximate surface area is 139 Å². The van der Waals surface area contributed by atoms with Crippen LogP contribution in [0.15, 0.2) is 41.8 Å². The first-order valence-corrected chi connectivity index (χ1v) is 8.64. The summed E-state index contributed by atoms with van der Waals surface area (Å²) in [4.78, 5) is 25.8. The molecule has 1 saturated heterocycles. The van der Waals surface area contributed by atoms with Crippen molar-refractivity contribution >= 4 is 23.0 Å². The van der Waals surface area contributed by atoms with Crippen molar-refractivity contribution in [1.82, 2.24) is 5.32 Å². The van der Waals surface area contributed by atoms with Crippen LogP contribution in [0.5, 0.6) is 0 Å². The van der Waals surface area contributed by atoms with E-state index in [1.165, 1.54) is 11.3 Å². The summed E-state index contributed by atoms with van der Waals surface area (Å²) in [5.74, 6) is -0.343. The first-order valence-electron chi connectivity index (χ1n) is 7.76. The van der Waals surface area contributed by atoms with Crippen LogP contribution in [0.3, 0.4) is 0 Å². The fraction of sp³-hybridized carbons (Fsp3) is 0.333. The van der Waals surface area contributed by atoms with E-state index in [-0.39, 0.29) is 23.8 Å². The van der Waals surface area contributed by atoms with Gasteiger partial charge in [-0.2, -0.15) is 0 Å². The number of rotatable bonds is 5. The van der Waals surface area contributed by atoms with Crippen molar-refractivity contribution in [2.24, 2.45) is 0 Å². The second kappa shape index (κ2) is 7.06. The molecule has 4 nitrogen and oxygen atoms in total. The topological polar surface area (TPSA) is 55.4 Å². The van der Waals surface area contributed by atoms with Gasteiger partial charge in [0.05, 0.1) is 22.6 Å². The first kappa shape index (κ1) is 15.9. The van der Waals surface area contributed by atoms with E-state index < -0.39 is 0 Å². The predicted molar refractivity (Wildman–Crippen MR) is 90.1 cm³/mol. The number of amides is 1. The van der Waals surface area contributed by atoms with Gasteiger partial charge in [0, 0.05) is 12.2 Å². The first-order chi connectivity index (χ1) is 11.2. The van der Waals surface area contributed by atoms with Crippen molar-refractivity contribution in [1.29, 1.82) is 0 Å². The quantitative estimate of drug-likeness (QED) is 0.857. The molecular weight excluding hydrogens is 310 g/mol. The summed E-state index contributed by atoms with van der Waals surface area (Å²) >= 11 is 1.38. The molecule has 0 saturated carbocycles. The molecule has 0 radical (unpaired) electrons. The molecule has 1 fully saturated rings. The van der Waals surface area contributed by atoms with Crippen molar-refractivity contribution in [3.63, 3.8) is 0 Å². The molecule has 1 N–H and O–H groups in total. The van der Waals surface area contributed by atoms with Crippen LogP contribution < -0.4 is 5.32 Å². The van der Waals surface area contributed by atoms with Gasteiger partial charge in [0.15, 0.2) is 0 Å². The van der Waals surface area contributed by atoms with Crippen LogP contribution in [0.25, 0.3) is 0 Å². The van der Waals surface area contributed by atoms with Gasteiger partial charge in [-0.25, -0.2) is 0 Å². The van der Waals surface area contributed by atoms with Gasteiger partial charge >= 0.3 is 0 Å². The molecule has 1 amide bonds. The molecule has 5 heteroatoms. The molecule has 1 aliphatic heterocycles. The zero-order valence-corrected chi connectivity index (χ0v) is 13.8. The number of nitrogens with one attached hydrogen (secondary N) is 1. The van der Waals surface area contributed by atoms with E-state index in [9.17, 15) is 9.59 Å². The Kier molecular flexibility index (Phi) is 4.88. The maximum absolute atomic E-state index is 12.6. The summed E-state index contributed by atoms with van der Waals surface area (Å²) in [6.45, 7) is 2.69. The number of ketones is 1. The molecule has 2 unspecified atom stereocenters. The van der Waals surface area contributed by atoms with Gasteiger partial charge in [0.25, 0.3) is 5.91 Å². The highest BCUT2D eigenvalue weighted by Crippen LogP contribution is 2.20. The summed E-state index contributed by atoms with van der Waals surface area (Å²) in [7, 11) is 0. The molecule has 0 spiro atoms. The Morgan fingerprint density at radius 2 is 2.00 bits per heavy atom. The highest BCUT2D eigenvalue weighted by Gasteiger charge is 2.25. The van der Waals surface area contributed by atoms with E-state index in [1.54, 1.807) is 30.3 Å². The Hall–Kier alpha value is -1.98. The molecule has 3 rings (SSSR count). The second-order valence-electron chi connectivity index (χ2n) is 5.67. The molecule has 0 aliphatic carbocycles. The van der Waals surface area contributed by atoms with E-state index in [0.717, 1.165) is 19.4 Å². The van der Waals surface area contributed by atoms with Gasteiger partial charge in [0.2, 0.25) is 5.78 Å². The van der Waals surface area contributed by atoms with Gasteiger partial charge in [-0.3, -0.25) is 9.59 Å². The third kappa shape index (κ3) is 3.51. The van der Waals surface area contributed by atoms with Gasteiger partial charge in [0.1, 0.15) is 0 Å². The van der Waals surface area contributed by atoms with Crippen LogP contribution >= 0.6 is 11.3 Å². The summed E-state index contributed by atoms with van der Waals surface area (Å²) in [5.41, 5.74) is 0.850. The maximum atomic E-state index is 12.6. The SMILES string of the molecule is CC(NC(=O)c1ccccc1C(=O)c1cccs1)C1CCCO1. The monoisotopic (exact) mass is 329 g/mol. The van der Waals surface area contributed by atoms with E-state index in [1.807, 2.05) is 18.4 Å². The van der Waals surface area contributed by atoms with Crippen LogP contribution in [0, 0.1) is 0 Å². The van der Waals surface area contributed by atoms with Crippen LogP contribution in [-0.2, 0) is 4.74 Å². The summed E-state index contributed by atoms with van der Waals surface area (Å²) in [5, 5.41) is 4.82. The van der Waals surface area contributed by atoms with Crippen LogP contribution in [0.2, 0.25) is 0 Å². The lowest BCUT2D eigenvalue weighted by Gasteiger charge is -2.20. The van der Waals surface area contributed by atoms with Crippen molar-refractivity contribution < 1.29 is 14.3 Å². The molecule has 1 aromatic heterocycles. The number of ether oxygens (including phenoxy) is 1. The molecule has 23 heavy (non-hydrogen) atoms. The lowest BCUT2D eigenvalue weighted by atomic mass is 10.0. The van der Waals surface area contributed by atoms with E-state index in [0.29, 0.717) is 16.0 Å². The molecule has 1 aromatic carbocycles. The van der Waals surface area contributed by atoms with Crippen molar-refractivity contribution in [3.05, 3.63) is 57.8 Å². The minimum Gasteiger partial charge on any atom is -0.376 e. The van der Waals surface area contributed by atoms with E-state index in [4.69, 9.17) is 4.74 Å². The minimum atomic E-state index is -0.228. The van der Waals surface area contributed by atoms with Crippen LogP contribution in [0.1, 0.15) is 45.4 Å². The smallest absolute Gasteiger partial charge is 0.252 e. The number of carbonyl (C=O) groups is 2. The van der Waals surface area contributed by atoms with E-state index >= 15 is 0 Å². The van der Waals surface area contributed by atoms with Gasteiger partial charge in [-0.15, -0.1) is 11.3 Å². The zero-order chi connectivity index (χ0) is 16.2. The van der Waals surface area contributed by atoms with Gasteiger partial charge in [-0.1, -0.05) is 24.3 Å². The Morgan fingerprint density at radius 3 is 2.65 bits per heavy atom. The highest BCUT2D eigenvalue weighted by atomic mass is 32.1. The lowest BCUT2D eigenvalue weighted by Crippen LogP contribution is -2.41. The molecule has 0 bridgehead atoms. The molecule has 2 atom stereocenters. The van der Waals surface area contributed by atoms with E-state index in [2.05, 4.69) is 5.32 Å². The summed E-state index contributed by atoms with van der Waals surface area (Å²) < 4.78 is 5.61. The Bertz CT molecular complexity index is 690. The number of carbonyl (C=O) groups excluding carboxylic acids is 2. The molecular formula is C18H19NO3S. The zero-order valence-electron chi connectivity index (χ0n) is 13.0. The number of hydrogen-bond acceptors (Lipinski definition) is 4. The number of thiophene rings is 1. The third-order valence-electron chi connectivity index (χ3n) is 4.04. The predicted octanol–water partition coefficient (Wildman–Crippen LogP) is 3.28. The number of benzene rings is 1. The van der Waals surface area contributed by atoms with Crippen LogP contribution in [0.4, 0.5) is 0 Å². The molecule has 2 heterocycles.